The second kappa shape index (κ2) is 6.58. The van der Waals surface area contributed by atoms with Crippen molar-refractivity contribution in [3.8, 4) is 11.1 Å². The molecular formula is C25H18O2. The van der Waals surface area contributed by atoms with Gasteiger partial charge in [-0.15, -0.1) is 0 Å². The van der Waals surface area contributed by atoms with E-state index in [4.69, 9.17) is 0 Å². The molecule has 0 aliphatic rings. The van der Waals surface area contributed by atoms with Gasteiger partial charge in [-0.2, -0.15) is 0 Å². The topological polar surface area (TPSA) is 37.3 Å². The molecule has 0 aromatic heterocycles. The first-order chi connectivity index (χ1) is 13.1. The summed E-state index contributed by atoms with van der Waals surface area (Å²) in [5, 5.41) is 13.6. The van der Waals surface area contributed by atoms with E-state index in [2.05, 4.69) is 43.5 Å². The second-order valence-corrected chi connectivity index (χ2v) is 6.49. The van der Waals surface area contributed by atoms with Gasteiger partial charge >= 0.3 is 5.97 Å². The van der Waals surface area contributed by atoms with Crippen LogP contribution in [0.15, 0.2) is 86.0 Å². The van der Waals surface area contributed by atoms with E-state index in [-0.39, 0.29) is 5.57 Å². The molecule has 0 aliphatic carbocycles. The lowest BCUT2D eigenvalue weighted by molar-refractivity contribution is -0.130. The lowest BCUT2D eigenvalue weighted by Crippen LogP contribution is -2.00. The minimum absolute atomic E-state index is 0.0971. The van der Waals surface area contributed by atoms with Crippen LogP contribution in [0.5, 0.6) is 0 Å². The van der Waals surface area contributed by atoms with Gasteiger partial charge < -0.3 is 5.11 Å². The Balaban J connectivity index is 2.18. The maximum Gasteiger partial charge on any atom is 0.335 e. The Kier molecular flexibility index (Phi) is 4.09. The number of rotatable bonds is 4. The first-order valence-corrected chi connectivity index (χ1v) is 8.70. The summed E-state index contributed by atoms with van der Waals surface area (Å²) in [5.74, 6) is -1.01. The van der Waals surface area contributed by atoms with Gasteiger partial charge in [0.05, 0.1) is 5.57 Å². The highest BCUT2D eigenvalue weighted by molar-refractivity contribution is 6.23. The largest absolute Gasteiger partial charge is 0.478 e. The molecule has 0 bridgehead atoms. The molecular weight excluding hydrogens is 332 g/mol. The van der Waals surface area contributed by atoms with E-state index < -0.39 is 5.97 Å². The van der Waals surface area contributed by atoms with Crippen molar-refractivity contribution in [1.82, 2.24) is 0 Å². The van der Waals surface area contributed by atoms with Gasteiger partial charge in [0, 0.05) is 0 Å². The van der Waals surface area contributed by atoms with Crippen molar-refractivity contribution in [2.24, 2.45) is 0 Å². The Morgan fingerprint density at radius 1 is 0.889 bits per heavy atom. The molecule has 0 fully saturated rings. The maximum atomic E-state index is 11.6. The van der Waals surface area contributed by atoms with Crippen LogP contribution in [0.3, 0.4) is 0 Å². The molecule has 0 radical (unpaired) electrons. The minimum Gasteiger partial charge on any atom is -0.478 e. The molecule has 130 valence electrons. The lowest BCUT2D eigenvalue weighted by Gasteiger charge is -2.16. The Labute approximate surface area is 157 Å². The van der Waals surface area contributed by atoms with Crippen molar-refractivity contribution < 1.29 is 9.90 Å². The number of aliphatic carboxylic acids is 1. The molecule has 2 nitrogen and oxygen atoms in total. The molecule has 4 rings (SSSR count). The predicted octanol–water partition coefficient (Wildman–Crippen LogP) is 6.40. The third-order valence-corrected chi connectivity index (χ3v) is 4.91. The number of carbonyl (C=O) groups is 1. The molecule has 0 aliphatic heterocycles. The number of hydrogen-bond donors (Lipinski definition) is 1. The summed E-state index contributed by atoms with van der Waals surface area (Å²) in [7, 11) is 0. The molecule has 27 heavy (non-hydrogen) atoms. The van der Waals surface area contributed by atoms with Gasteiger partial charge in [0.1, 0.15) is 0 Å². The molecule has 4 aromatic rings. The fraction of sp³-hybridized carbons (Fsp3) is 0. The lowest BCUT2D eigenvalue weighted by atomic mass is 9.87. The number of benzene rings is 4. The Hall–Kier alpha value is -3.65. The summed E-state index contributed by atoms with van der Waals surface area (Å²) in [6.07, 6.45) is 1.81. The molecule has 1 N–H and O–H groups in total. The Bertz CT molecular complexity index is 1210. The summed E-state index contributed by atoms with van der Waals surface area (Å²) in [5.41, 5.74) is 3.84. The van der Waals surface area contributed by atoms with Crippen molar-refractivity contribution in [2.45, 2.75) is 0 Å². The van der Waals surface area contributed by atoms with Crippen molar-refractivity contribution in [2.75, 3.05) is 0 Å². The van der Waals surface area contributed by atoms with Gasteiger partial charge in [-0.05, 0) is 49.9 Å². The van der Waals surface area contributed by atoms with Crippen molar-refractivity contribution in [3.63, 3.8) is 0 Å². The van der Waals surface area contributed by atoms with Gasteiger partial charge in [0.25, 0.3) is 0 Å². The summed E-state index contributed by atoms with van der Waals surface area (Å²) in [6, 6.07) is 24.1. The third kappa shape index (κ3) is 2.81. The van der Waals surface area contributed by atoms with Gasteiger partial charge in [0.15, 0.2) is 0 Å². The van der Waals surface area contributed by atoms with E-state index in [0.29, 0.717) is 5.56 Å². The van der Waals surface area contributed by atoms with Crippen molar-refractivity contribution in [1.29, 1.82) is 0 Å². The van der Waals surface area contributed by atoms with E-state index in [9.17, 15) is 9.90 Å². The first kappa shape index (κ1) is 16.8. The summed E-state index contributed by atoms with van der Waals surface area (Å²) >= 11 is 0. The molecule has 0 spiro atoms. The highest BCUT2D eigenvalue weighted by Gasteiger charge is 2.17. The molecule has 0 atom stereocenters. The SMILES string of the molecule is C=Cc1ccc(-c2c3ccccc3cc3cccc(C(=C)C(=O)O)c23)cc1. The standard InChI is InChI=1S/C25H18O2/c1-3-17-11-13-18(14-12-17)23-22-9-5-4-7-19(22)15-20-8-6-10-21(24(20)23)16(2)25(26)27/h3-15H,1-2H2,(H,26,27). The third-order valence-electron chi connectivity index (χ3n) is 4.91. The number of carboxylic acids is 1. The van der Waals surface area contributed by atoms with Crippen LogP contribution in [0.4, 0.5) is 0 Å². The fourth-order valence-electron chi connectivity index (χ4n) is 3.57. The normalized spacial score (nSPS) is 10.8. The fourth-order valence-corrected chi connectivity index (χ4v) is 3.57. The summed E-state index contributed by atoms with van der Waals surface area (Å²) < 4.78 is 0. The van der Waals surface area contributed by atoms with E-state index in [1.165, 1.54) is 0 Å². The van der Waals surface area contributed by atoms with Crippen LogP contribution in [0.1, 0.15) is 11.1 Å². The minimum atomic E-state index is -1.01. The van der Waals surface area contributed by atoms with Gasteiger partial charge in [-0.3, -0.25) is 0 Å². The average Bonchev–Trinajstić information content (AvgIpc) is 2.71. The highest BCUT2D eigenvalue weighted by atomic mass is 16.4. The zero-order chi connectivity index (χ0) is 19.0. The quantitative estimate of drug-likeness (QED) is 0.341. The Morgan fingerprint density at radius 3 is 2.30 bits per heavy atom. The first-order valence-electron chi connectivity index (χ1n) is 8.70. The van der Waals surface area contributed by atoms with E-state index in [0.717, 1.165) is 38.2 Å². The molecule has 2 heteroatoms. The smallest absolute Gasteiger partial charge is 0.335 e. The molecule has 0 amide bonds. The van der Waals surface area contributed by atoms with Crippen LogP contribution in [-0.2, 0) is 4.79 Å². The number of fused-ring (bicyclic) bond motifs is 2. The highest BCUT2D eigenvalue weighted by Crippen LogP contribution is 2.39. The van der Waals surface area contributed by atoms with Gasteiger partial charge in [0.2, 0.25) is 0 Å². The van der Waals surface area contributed by atoms with Gasteiger partial charge in [-0.1, -0.05) is 86.0 Å². The zero-order valence-electron chi connectivity index (χ0n) is 14.8. The molecule has 0 heterocycles. The van der Waals surface area contributed by atoms with Crippen LogP contribution >= 0.6 is 0 Å². The van der Waals surface area contributed by atoms with Crippen LogP contribution in [0.25, 0.3) is 44.3 Å². The van der Waals surface area contributed by atoms with Crippen molar-refractivity contribution in [3.05, 3.63) is 97.1 Å². The summed E-state index contributed by atoms with van der Waals surface area (Å²) in [4.78, 5) is 11.6. The average molecular weight is 350 g/mol. The number of hydrogen-bond acceptors (Lipinski definition) is 1. The van der Waals surface area contributed by atoms with Gasteiger partial charge in [-0.25, -0.2) is 4.79 Å². The molecule has 0 saturated carbocycles. The zero-order valence-corrected chi connectivity index (χ0v) is 14.8. The van der Waals surface area contributed by atoms with Crippen LogP contribution in [0, 0.1) is 0 Å². The maximum absolute atomic E-state index is 11.6. The second-order valence-electron chi connectivity index (χ2n) is 6.49. The van der Waals surface area contributed by atoms with E-state index in [1.807, 2.05) is 48.5 Å². The summed E-state index contributed by atoms with van der Waals surface area (Å²) in [6.45, 7) is 7.62. The van der Waals surface area contributed by atoms with Crippen molar-refractivity contribution >= 4 is 39.2 Å². The predicted molar refractivity (Wildman–Crippen MR) is 114 cm³/mol. The molecule has 0 unspecified atom stereocenters. The monoisotopic (exact) mass is 350 g/mol. The number of carboxylic acid groups (broad SMARTS) is 1. The molecule has 4 aromatic carbocycles. The van der Waals surface area contributed by atoms with Crippen LogP contribution in [0.2, 0.25) is 0 Å². The molecule has 0 saturated heterocycles. The Morgan fingerprint density at radius 2 is 1.59 bits per heavy atom. The van der Waals surface area contributed by atoms with Crippen LogP contribution < -0.4 is 0 Å². The van der Waals surface area contributed by atoms with E-state index >= 15 is 0 Å². The van der Waals surface area contributed by atoms with Crippen LogP contribution in [-0.4, -0.2) is 11.1 Å². The van der Waals surface area contributed by atoms with E-state index in [1.54, 1.807) is 0 Å².